The maximum Gasteiger partial charge on any atom is 0.255 e. The third-order valence-corrected chi connectivity index (χ3v) is 5.16. The molecule has 162 valence electrons. The van der Waals surface area contributed by atoms with Crippen LogP contribution in [0, 0.1) is 11.3 Å². The number of carbonyl (C=O) groups excluding carboxylic acids is 2. The van der Waals surface area contributed by atoms with E-state index in [-0.39, 0.29) is 23.9 Å². The van der Waals surface area contributed by atoms with Crippen molar-refractivity contribution in [3.05, 3.63) is 59.2 Å². The number of ether oxygens (including phenoxy) is 1. The van der Waals surface area contributed by atoms with Crippen LogP contribution in [0.3, 0.4) is 0 Å². The van der Waals surface area contributed by atoms with Crippen LogP contribution >= 0.6 is 0 Å². The minimum Gasteiger partial charge on any atom is -0.377 e. The molecule has 0 aliphatic carbocycles. The molecule has 1 aliphatic rings. The number of nitriles is 1. The monoisotopic (exact) mass is 421 g/mol. The number of hydrogen-bond donors (Lipinski definition) is 3. The first-order valence-corrected chi connectivity index (χ1v) is 10.2. The van der Waals surface area contributed by atoms with E-state index in [2.05, 4.69) is 29.4 Å². The number of morpholine rings is 1. The largest absolute Gasteiger partial charge is 0.377 e. The van der Waals surface area contributed by atoms with Gasteiger partial charge in [-0.05, 0) is 56.3 Å². The Hall–Kier alpha value is -3.41. The second-order valence-corrected chi connectivity index (χ2v) is 7.56. The molecule has 2 aromatic carbocycles. The van der Waals surface area contributed by atoms with Gasteiger partial charge in [-0.3, -0.25) is 9.59 Å². The van der Waals surface area contributed by atoms with Crippen molar-refractivity contribution in [2.45, 2.75) is 25.9 Å². The van der Waals surface area contributed by atoms with E-state index in [1.54, 1.807) is 36.4 Å². The van der Waals surface area contributed by atoms with E-state index >= 15 is 0 Å². The first-order valence-electron chi connectivity index (χ1n) is 10.2. The summed E-state index contributed by atoms with van der Waals surface area (Å²) >= 11 is 0. The van der Waals surface area contributed by atoms with Crippen LogP contribution in [0.15, 0.2) is 42.5 Å². The molecule has 8 nitrogen and oxygen atoms in total. The molecule has 0 spiro atoms. The summed E-state index contributed by atoms with van der Waals surface area (Å²) in [5.74, 6) is -0.576. The van der Waals surface area contributed by atoms with Crippen molar-refractivity contribution in [2.24, 2.45) is 5.73 Å². The van der Waals surface area contributed by atoms with Crippen molar-refractivity contribution in [1.29, 1.82) is 5.26 Å². The van der Waals surface area contributed by atoms with Gasteiger partial charge < -0.3 is 26.0 Å². The summed E-state index contributed by atoms with van der Waals surface area (Å²) < 4.78 is 5.63. The molecule has 2 unspecified atom stereocenters. The molecule has 1 aliphatic heterocycles. The summed E-state index contributed by atoms with van der Waals surface area (Å²) in [5.41, 5.74) is 8.17. The zero-order valence-electron chi connectivity index (χ0n) is 17.7. The molecule has 3 rings (SSSR count). The highest BCUT2D eigenvalue weighted by Crippen LogP contribution is 2.32. The average Bonchev–Trinajstić information content (AvgIpc) is 2.78. The lowest BCUT2D eigenvalue weighted by Crippen LogP contribution is -2.50. The summed E-state index contributed by atoms with van der Waals surface area (Å²) in [6, 6.07) is 13.9. The van der Waals surface area contributed by atoms with E-state index in [9.17, 15) is 9.59 Å². The number of benzene rings is 2. The Morgan fingerprint density at radius 1 is 1.10 bits per heavy atom. The fourth-order valence-electron chi connectivity index (χ4n) is 3.66. The third-order valence-electron chi connectivity index (χ3n) is 5.16. The maximum absolute atomic E-state index is 12.9. The fraction of sp³-hybridized carbons (Fsp3) is 0.348. The van der Waals surface area contributed by atoms with Gasteiger partial charge in [0, 0.05) is 36.3 Å². The smallest absolute Gasteiger partial charge is 0.255 e. The van der Waals surface area contributed by atoms with E-state index in [0.717, 1.165) is 5.69 Å². The van der Waals surface area contributed by atoms with Crippen molar-refractivity contribution >= 4 is 23.2 Å². The molecule has 2 amide bonds. The van der Waals surface area contributed by atoms with Crippen LogP contribution in [0.4, 0.5) is 11.4 Å². The van der Waals surface area contributed by atoms with Gasteiger partial charge >= 0.3 is 0 Å². The Balaban J connectivity index is 1.95. The predicted octanol–water partition coefficient (Wildman–Crippen LogP) is 2.11. The second-order valence-electron chi connectivity index (χ2n) is 7.56. The van der Waals surface area contributed by atoms with Crippen molar-refractivity contribution in [1.82, 2.24) is 5.32 Å². The van der Waals surface area contributed by atoms with Gasteiger partial charge in [0.2, 0.25) is 0 Å². The summed E-state index contributed by atoms with van der Waals surface area (Å²) in [6.45, 7) is 5.98. The van der Waals surface area contributed by atoms with Crippen LogP contribution in [-0.4, -0.2) is 50.2 Å². The highest BCUT2D eigenvalue weighted by Gasteiger charge is 2.28. The van der Waals surface area contributed by atoms with Crippen molar-refractivity contribution in [2.75, 3.05) is 36.5 Å². The summed E-state index contributed by atoms with van der Waals surface area (Å²) in [7, 11) is 0. The molecule has 1 fully saturated rings. The Morgan fingerprint density at radius 2 is 1.74 bits per heavy atom. The van der Waals surface area contributed by atoms with Crippen molar-refractivity contribution < 1.29 is 14.3 Å². The van der Waals surface area contributed by atoms with Crippen LogP contribution in [0.25, 0.3) is 0 Å². The summed E-state index contributed by atoms with van der Waals surface area (Å²) in [6.07, 6.45) is 0. The molecular formula is C23H27N5O3. The van der Waals surface area contributed by atoms with E-state index in [4.69, 9.17) is 15.7 Å². The van der Waals surface area contributed by atoms with E-state index in [1.165, 1.54) is 0 Å². The zero-order valence-corrected chi connectivity index (χ0v) is 17.7. The number of hydrogen-bond acceptors (Lipinski definition) is 6. The highest BCUT2D eigenvalue weighted by molar-refractivity contribution is 6.07. The standard InChI is InChI=1S/C23H27N5O3/c1-15-13-31-14-16(2)28(15)21-8-7-19(22(29)26-10-9-24)11-20(21)27-23(30)18-5-3-17(12-25)4-6-18/h3-8,11,15-16H,9-10,13-14,24H2,1-2H3,(H,26,29)(H,27,30). The number of amides is 2. The lowest BCUT2D eigenvalue weighted by Gasteiger charge is -2.41. The van der Waals surface area contributed by atoms with Crippen LogP contribution in [0.2, 0.25) is 0 Å². The number of nitrogens with one attached hydrogen (secondary N) is 2. The fourth-order valence-corrected chi connectivity index (χ4v) is 3.66. The highest BCUT2D eigenvalue weighted by atomic mass is 16.5. The first-order chi connectivity index (χ1) is 14.9. The number of carbonyl (C=O) groups is 2. The van der Waals surface area contributed by atoms with Gasteiger partial charge in [-0.1, -0.05) is 0 Å². The number of rotatable bonds is 6. The average molecular weight is 422 g/mol. The molecule has 0 saturated carbocycles. The predicted molar refractivity (Wildman–Crippen MR) is 119 cm³/mol. The topological polar surface area (TPSA) is 120 Å². The molecule has 2 atom stereocenters. The molecule has 0 aromatic heterocycles. The molecule has 4 N–H and O–H groups in total. The van der Waals surface area contributed by atoms with Gasteiger partial charge in [0.1, 0.15) is 0 Å². The lowest BCUT2D eigenvalue weighted by atomic mass is 10.1. The minimum atomic E-state index is -0.321. The Kier molecular flexibility index (Phi) is 7.23. The van der Waals surface area contributed by atoms with Gasteiger partial charge in [-0.25, -0.2) is 0 Å². The van der Waals surface area contributed by atoms with Crippen molar-refractivity contribution in [3.8, 4) is 6.07 Å². The van der Waals surface area contributed by atoms with E-state index < -0.39 is 0 Å². The van der Waals surface area contributed by atoms with E-state index in [1.807, 2.05) is 12.1 Å². The normalized spacial score (nSPS) is 18.2. The van der Waals surface area contributed by atoms with Crippen LogP contribution in [-0.2, 0) is 4.74 Å². The van der Waals surface area contributed by atoms with Gasteiger partial charge in [0.05, 0.1) is 36.2 Å². The number of anilines is 2. The Bertz CT molecular complexity index is 974. The molecule has 1 saturated heterocycles. The summed E-state index contributed by atoms with van der Waals surface area (Å²) in [5, 5.41) is 14.7. The Labute approximate surface area is 182 Å². The number of nitrogens with zero attached hydrogens (tertiary/aromatic N) is 2. The molecule has 1 heterocycles. The molecule has 8 heteroatoms. The Morgan fingerprint density at radius 3 is 2.35 bits per heavy atom. The van der Waals surface area contributed by atoms with Gasteiger partial charge in [0.25, 0.3) is 11.8 Å². The SMILES string of the molecule is CC1COCC(C)N1c1ccc(C(=O)NCCN)cc1NC(=O)c1ccc(C#N)cc1. The summed E-state index contributed by atoms with van der Waals surface area (Å²) in [4.78, 5) is 27.6. The zero-order chi connectivity index (χ0) is 22.4. The quantitative estimate of drug-likeness (QED) is 0.657. The molecule has 0 bridgehead atoms. The molecule has 2 aromatic rings. The number of nitrogens with two attached hydrogens (primary N) is 1. The molecular weight excluding hydrogens is 394 g/mol. The second kappa shape index (κ2) is 10.1. The molecule has 0 radical (unpaired) electrons. The van der Waals surface area contributed by atoms with E-state index in [0.29, 0.717) is 48.7 Å². The maximum atomic E-state index is 12.9. The molecule has 31 heavy (non-hydrogen) atoms. The van der Waals surface area contributed by atoms with Gasteiger partial charge in [0.15, 0.2) is 0 Å². The first kappa shape index (κ1) is 22.3. The van der Waals surface area contributed by atoms with Crippen LogP contribution < -0.4 is 21.3 Å². The van der Waals surface area contributed by atoms with Crippen LogP contribution in [0.5, 0.6) is 0 Å². The minimum absolute atomic E-state index is 0.103. The van der Waals surface area contributed by atoms with Crippen molar-refractivity contribution in [3.63, 3.8) is 0 Å². The van der Waals surface area contributed by atoms with Gasteiger partial charge in [-0.15, -0.1) is 0 Å². The van der Waals surface area contributed by atoms with Gasteiger partial charge in [-0.2, -0.15) is 5.26 Å². The lowest BCUT2D eigenvalue weighted by molar-refractivity contribution is 0.0757. The third kappa shape index (κ3) is 5.20. The van der Waals surface area contributed by atoms with Crippen LogP contribution in [0.1, 0.15) is 40.1 Å².